The number of likely N-dealkylation sites (tertiary alicyclic amines) is 1. The van der Waals surface area contributed by atoms with Gasteiger partial charge in [0.05, 0.1) is 0 Å². The van der Waals surface area contributed by atoms with E-state index in [-0.39, 0.29) is 0 Å². The molecule has 0 spiro atoms. The summed E-state index contributed by atoms with van der Waals surface area (Å²) >= 11 is 1.99. The number of rotatable bonds is 5. The van der Waals surface area contributed by atoms with Crippen LogP contribution in [0.2, 0.25) is 0 Å². The van der Waals surface area contributed by atoms with Crippen molar-refractivity contribution in [3.05, 3.63) is 45.9 Å². The van der Waals surface area contributed by atoms with Gasteiger partial charge in [-0.2, -0.15) is 5.10 Å². The van der Waals surface area contributed by atoms with Crippen LogP contribution in [0.4, 0.5) is 0 Å². The normalized spacial score (nSPS) is 16.9. The van der Waals surface area contributed by atoms with Gasteiger partial charge < -0.3 is 0 Å². The summed E-state index contributed by atoms with van der Waals surface area (Å²) in [6.45, 7) is 5.67. The molecule has 1 fully saturated rings. The van der Waals surface area contributed by atoms with Gasteiger partial charge >= 0.3 is 0 Å². The molecule has 5 heteroatoms. The van der Waals surface area contributed by atoms with E-state index in [1.54, 1.807) is 0 Å². The number of piperidine rings is 1. The Bertz CT molecular complexity index is 798. The lowest BCUT2D eigenvalue weighted by Crippen LogP contribution is -2.32. The highest BCUT2D eigenvalue weighted by Crippen LogP contribution is 2.31. The Morgan fingerprint density at radius 2 is 2.04 bits per heavy atom. The molecule has 4 rings (SSSR count). The monoisotopic (exact) mass is 340 g/mol. The minimum atomic E-state index is 0.578. The smallest absolute Gasteiger partial charge is 0.181 e. The van der Waals surface area contributed by atoms with Crippen molar-refractivity contribution in [2.75, 3.05) is 13.1 Å². The maximum absolute atomic E-state index is 4.35. The van der Waals surface area contributed by atoms with E-state index in [0.29, 0.717) is 5.92 Å². The standard InChI is InChI=1S/C19H24N4S/c1-2-4-15-6-7-16(24-15)13-23-11-8-14(9-12-23)18-17-5-3-10-20-19(17)22-21-18/h3,5-7,10,14H,2,4,8-9,11-13H2,1H3,(H,20,21,22). The summed E-state index contributed by atoms with van der Waals surface area (Å²) in [5.41, 5.74) is 2.12. The van der Waals surface area contributed by atoms with E-state index < -0.39 is 0 Å². The van der Waals surface area contributed by atoms with Crippen molar-refractivity contribution in [3.8, 4) is 0 Å². The lowest BCUT2D eigenvalue weighted by molar-refractivity contribution is 0.205. The van der Waals surface area contributed by atoms with E-state index in [1.807, 2.05) is 23.6 Å². The van der Waals surface area contributed by atoms with Crippen molar-refractivity contribution in [1.82, 2.24) is 20.1 Å². The Balaban J connectivity index is 1.38. The predicted octanol–water partition coefficient (Wildman–Crippen LogP) is 4.35. The van der Waals surface area contributed by atoms with Crippen molar-refractivity contribution < 1.29 is 0 Å². The van der Waals surface area contributed by atoms with Crippen LogP contribution < -0.4 is 0 Å². The highest BCUT2D eigenvalue weighted by Gasteiger charge is 2.24. The maximum atomic E-state index is 4.35. The largest absolute Gasteiger partial charge is 0.298 e. The summed E-state index contributed by atoms with van der Waals surface area (Å²) in [6, 6.07) is 8.76. The van der Waals surface area contributed by atoms with Crippen LogP contribution in [0.1, 0.15) is 47.6 Å². The molecule has 0 aromatic carbocycles. The molecule has 3 aromatic rings. The van der Waals surface area contributed by atoms with Crippen molar-refractivity contribution >= 4 is 22.4 Å². The lowest BCUT2D eigenvalue weighted by atomic mass is 9.92. The van der Waals surface area contributed by atoms with E-state index in [4.69, 9.17) is 0 Å². The molecule has 0 amide bonds. The Morgan fingerprint density at radius 3 is 2.88 bits per heavy atom. The molecule has 1 N–H and O–H groups in total. The van der Waals surface area contributed by atoms with Gasteiger partial charge in [-0.25, -0.2) is 4.98 Å². The van der Waals surface area contributed by atoms with Crippen molar-refractivity contribution in [1.29, 1.82) is 0 Å². The first kappa shape index (κ1) is 15.8. The third kappa shape index (κ3) is 3.23. The van der Waals surface area contributed by atoms with Gasteiger partial charge in [-0.3, -0.25) is 10.00 Å². The summed E-state index contributed by atoms with van der Waals surface area (Å²) in [5.74, 6) is 0.578. The molecule has 3 aromatic heterocycles. The summed E-state index contributed by atoms with van der Waals surface area (Å²) in [4.78, 5) is 9.96. The summed E-state index contributed by atoms with van der Waals surface area (Å²) < 4.78 is 0. The minimum absolute atomic E-state index is 0.578. The number of nitrogens with one attached hydrogen (secondary N) is 1. The van der Waals surface area contributed by atoms with Crippen LogP contribution in [0.15, 0.2) is 30.5 Å². The molecule has 0 bridgehead atoms. The fourth-order valence-corrected chi connectivity index (χ4v) is 4.83. The van der Waals surface area contributed by atoms with Gasteiger partial charge in [0.25, 0.3) is 0 Å². The summed E-state index contributed by atoms with van der Waals surface area (Å²) in [7, 11) is 0. The molecule has 4 nitrogen and oxygen atoms in total. The van der Waals surface area contributed by atoms with Crippen LogP contribution in [-0.2, 0) is 13.0 Å². The van der Waals surface area contributed by atoms with Gasteiger partial charge in [0, 0.05) is 39.5 Å². The van der Waals surface area contributed by atoms with Crippen molar-refractivity contribution in [3.63, 3.8) is 0 Å². The highest BCUT2D eigenvalue weighted by molar-refractivity contribution is 7.11. The molecular formula is C19H24N4S. The van der Waals surface area contributed by atoms with E-state index in [9.17, 15) is 0 Å². The topological polar surface area (TPSA) is 44.8 Å². The number of nitrogens with zero attached hydrogens (tertiary/aromatic N) is 3. The molecule has 1 saturated heterocycles. The number of pyridine rings is 1. The highest BCUT2D eigenvalue weighted by atomic mass is 32.1. The van der Waals surface area contributed by atoms with Crippen molar-refractivity contribution in [2.45, 2.75) is 45.1 Å². The zero-order valence-corrected chi connectivity index (χ0v) is 15.0. The van der Waals surface area contributed by atoms with E-state index in [2.05, 4.69) is 45.2 Å². The Kier molecular flexibility index (Phi) is 4.63. The Hall–Kier alpha value is -1.72. The fourth-order valence-electron chi connectivity index (χ4n) is 3.67. The van der Waals surface area contributed by atoms with Crippen LogP contribution >= 0.6 is 11.3 Å². The summed E-state index contributed by atoms with van der Waals surface area (Å²) in [5, 5.41) is 8.78. The fraction of sp³-hybridized carbons (Fsp3) is 0.474. The number of thiophene rings is 1. The molecule has 0 unspecified atom stereocenters. The second-order valence-corrected chi connectivity index (χ2v) is 7.93. The second-order valence-electron chi connectivity index (χ2n) is 6.68. The van der Waals surface area contributed by atoms with E-state index in [0.717, 1.165) is 25.3 Å². The van der Waals surface area contributed by atoms with Crippen LogP contribution in [0.5, 0.6) is 0 Å². The average Bonchev–Trinajstić information content (AvgIpc) is 3.23. The minimum Gasteiger partial charge on any atom is -0.298 e. The number of aromatic nitrogens is 3. The lowest BCUT2D eigenvalue weighted by Gasteiger charge is -2.31. The molecule has 24 heavy (non-hydrogen) atoms. The molecule has 0 saturated carbocycles. The zero-order valence-electron chi connectivity index (χ0n) is 14.2. The first-order valence-corrected chi connectivity index (χ1v) is 9.74. The van der Waals surface area contributed by atoms with Gasteiger partial charge in [-0.05, 0) is 56.6 Å². The Labute approximate surface area is 146 Å². The van der Waals surface area contributed by atoms with Gasteiger partial charge in [0.1, 0.15) is 0 Å². The van der Waals surface area contributed by atoms with Gasteiger partial charge in [-0.15, -0.1) is 11.3 Å². The number of fused-ring (bicyclic) bond motifs is 1. The first-order chi connectivity index (χ1) is 11.8. The number of aromatic amines is 1. The maximum Gasteiger partial charge on any atom is 0.181 e. The third-order valence-corrected chi connectivity index (χ3v) is 6.08. The molecule has 0 atom stereocenters. The SMILES string of the molecule is CCCc1ccc(CN2CCC(c3[nH]nc4ncccc34)CC2)s1. The van der Waals surface area contributed by atoms with E-state index >= 15 is 0 Å². The zero-order chi connectivity index (χ0) is 16.4. The van der Waals surface area contributed by atoms with Crippen LogP contribution in [0.25, 0.3) is 11.0 Å². The first-order valence-electron chi connectivity index (χ1n) is 8.92. The van der Waals surface area contributed by atoms with E-state index in [1.165, 1.54) is 46.5 Å². The third-order valence-electron chi connectivity index (χ3n) is 4.95. The quantitative estimate of drug-likeness (QED) is 0.751. The molecule has 0 radical (unpaired) electrons. The van der Waals surface area contributed by atoms with Crippen LogP contribution in [0, 0.1) is 0 Å². The molecular weight excluding hydrogens is 316 g/mol. The number of H-pyrrole nitrogens is 1. The second kappa shape index (κ2) is 7.03. The molecule has 0 aliphatic carbocycles. The predicted molar refractivity (Wildman–Crippen MR) is 99.5 cm³/mol. The molecule has 4 heterocycles. The van der Waals surface area contributed by atoms with Gasteiger partial charge in [0.15, 0.2) is 5.65 Å². The molecule has 1 aliphatic rings. The van der Waals surface area contributed by atoms with Gasteiger partial charge in [-0.1, -0.05) is 13.3 Å². The number of aryl methyl sites for hydroxylation is 1. The number of hydrogen-bond acceptors (Lipinski definition) is 4. The Morgan fingerprint density at radius 1 is 1.21 bits per heavy atom. The molecule has 1 aliphatic heterocycles. The number of hydrogen-bond donors (Lipinski definition) is 1. The van der Waals surface area contributed by atoms with Crippen molar-refractivity contribution in [2.24, 2.45) is 0 Å². The van der Waals surface area contributed by atoms with Gasteiger partial charge in [0.2, 0.25) is 0 Å². The molecule has 126 valence electrons. The van der Waals surface area contributed by atoms with Crippen LogP contribution in [0.3, 0.4) is 0 Å². The van der Waals surface area contributed by atoms with Crippen LogP contribution in [-0.4, -0.2) is 33.2 Å². The average molecular weight is 340 g/mol. The summed E-state index contributed by atoms with van der Waals surface area (Å²) in [6.07, 6.45) is 6.65.